The standard InChI is InChI=1S/C17H23NO2/c1-12(2)19-16-7-5-6-15(10-16)14(4)18-11-17-9-8-13(3)20-17/h5-10,12,14,18H,11H2,1-4H3. The average molecular weight is 273 g/mol. The van der Waals surface area contributed by atoms with E-state index < -0.39 is 0 Å². The van der Waals surface area contributed by atoms with E-state index in [1.54, 1.807) is 0 Å². The normalized spacial score (nSPS) is 12.7. The van der Waals surface area contributed by atoms with Gasteiger partial charge < -0.3 is 14.5 Å². The smallest absolute Gasteiger partial charge is 0.120 e. The van der Waals surface area contributed by atoms with E-state index >= 15 is 0 Å². The molecule has 0 radical (unpaired) electrons. The molecule has 0 fully saturated rings. The maximum absolute atomic E-state index is 5.72. The predicted molar refractivity (Wildman–Crippen MR) is 80.9 cm³/mol. The zero-order valence-electron chi connectivity index (χ0n) is 12.6. The molecule has 0 bridgehead atoms. The Balaban J connectivity index is 1.96. The second-order valence-corrected chi connectivity index (χ2v) is 5.35. The van der Waals surface area contributed by atoms with Crippen molar-refractivity contribution in [2.24, 2.45) is 0 Å². The van der Waals surface area contributed by atoms with Crippen molar-refractivity contribution in [1.82, 2.24) is 5.32 Å². The van der Waals surface area contributed by atoms with Gasteiger partial charge in [-0.3, -0.25) is 0 Å². The molecular weight excluding hydrogens is 250 g/mol. The first-order valence-electron chi connectivity index (χ1n) is 7.10. The third-order valence-corrected chi connectivity index (χ3v) is 3.11. The Hall–Kier alpha value is -1.74. The summed E-state index contributed by atoms with van der Waals surface area (Å²) in [5.74, 6) is 2.82. The van der Waals surface area contributed by atoms with Crippen LogP contribution >= 0.6 is 0 Å². The van der Waals surface area contributed by atoms with Crippen molar-refractivity contribution in [3.63, 3.8) is 0 Å². The Kier molecular flexibility index (Phi) is 4.85. The molecule has 0 aliphatic heterocycles. The molecule has 1 N–H and O–H groups in total. The highest BCUT2D eigenvalue weighted by Gasteiger charge is 2.08. The molecule has 3 nitrogen and oxygen atoms in total. The van der Waals surface area contributed by atoms with Crippen LogP contribution in [0, 0.1) is 6.92 Å². The fourth-order valence-electron chi connectivity index (χ4n) is 2.08. The van der Waals surface area contributed by atoms with E-state index in [1.165, 1.54) is 5.56 Å². The lowest BCUT2D eigenvalue weighted by Crippen LogP contribution is -2.18. The molecule has 0 amide bonds. The fourth-order valence-corrected chi connectivity index (χ4v) is 2.08. The summed E-state index contributed by atoms with van der Waals surface area (Å²) >= 11 is 0. The van der Waals surface area contributed by atoms with Crippen LogP contribution in [-0.4, -0.2) is 6.10 Å². The summed E-state index contributed by atoms with van der Waals surface area (Å²) in [5.41, 5.74) is 1.21. The lowest BCUT2D eigenvalue weighted by atomic mass is 10.1. The number of hydrogen-bond donors (Lipinski definition) is 1. The molecule has 0 aliphatic rings. The highest BCUT2D eigenvalue weighted by molar-refractivity contribution is 5.30. The first kappa shape index (κ1) is 14.7. The van der Waals surface area contributed by atoms with Crippen LogP contribution in [0.3, 0.4) is 0 Å². The molecule has 1 aromatic heterocycles. The molecule has 20 heavy (non-hydrogen) atoms. The van der Waals surface area contributed by atoms with E-state index in [9.17, 15) is 0 Å². The highest BCUT2D eigenvalue weighted by Crippen LogP contribution is 2.20. The van der Waals surface area contributed by atoms with Gasteiger partial charge in [0.2, 0.25) is 0 Å². The van der Waals surface area contributed by atoms with Crippen molar-refractivity contribution in [1.29, 1.82) is 0 Å². The second kappa shape index (κ2) is 6.62. The van der Waals surface area contributed by atoms with Crippen LogP contribution in [0.4, 0.5) is 0 Å². The minimum absolute atomic E-state index is 0.194. The first-order chi connectivity index (χ1) is 9.54. The summed E-state index contributed by atoms with van der Waals surface area (Å²) in [6.45, 7) is 8.90. The molecule has 1 heterocycles. The molecule has 2 aromatic rings. The lowest BCUT2D eigenvalue weighted by molar-refractivity contribution is 0.242. The van der Waals surface area contributed by atoms with Gasteiger partial charge in [-0.15, -0.1) is 0 Å². The Morgan fingerprint density at radius 3 is 2.60 bits per heavy atom. The SMILES string of the molecule is Cc1ccc(CNC(C)c2cccc(OC(C)C)c2)o1. The van der Waals surface area contributed by atoms with E-state index in [1.807, 2.05) is 45.0 Å². The zero-order valence-corrected chi connectivity index (χ0v) is 12.6. The van der Waals surface area contributed by atoms with Crippen molar-refractivity contribution in [3.8, 4) is 5.75 Å². The van der Waals surface area contributed by atoms with Crippen molar-refractivity contribution < 1.29 is 9.15 Å². The molecule has 1 unspecified atom stereocenters. The van der Waals surface area contributed by atoms with Gasteiger partial charge in [-0.05, 0) is 57.5 Å². The number of rotatable bonds is 6. The Labute approximate surface area is 121 Å². The lowest BCUT2D eigenvalue weighted by Gasteiger charge is -2.16. The molecule has 3 heteroatoms. The van der Waals surface area contributed by atoms with Crippen LogP contribution in [0.15, 0.2) is 40.8 Å². The molecule has 0 saturated heterocycles. The molecule has 2 rings (SSSR count). The van der Waals surface area contributed by atoms with Gasteiger partial charge in [0, 0.05) is 6.04 Å². The van der Waals surface area contributed by atoms with E-state index in [2.05, 4.69) is 24.4 Å². The average Bonchev–Trinajstić information content (AvgIpc) is 2.81. The molecule has 0 saturated carbocycles. The van der Waals surface area contributed by atoms with Gasteiger partial charge in [-0.1, -0.05) is 12.1 Å². The van der Waals surface area contributed by atoms with Crippen LogP contribution in [0.2, 0.25) is 0 Å². The third-order valence-electron chi connectivity index (χ3n) is 3.11. The highest BCUT2D eigenvalue weighted by atomic mass is 16.5. The van der Waals surface area contributed by atoms with Crippen molar-refractivity contribution in [2.75, 3.05) is 0 Å². The van der Waals surface area contributed by atoms with E-state index in [-0.39, 0.29) is 12.1 Å². The van der Waals surface area contributed by atoms with Gasteiger partial charge in [0.15, 0.2) is 0 Å². The minimum atomic E-state index is 0.194. The monoisotopic (exact) mass is 273 g/mol. The number of benzene rings is 1. The van der Waals surface area contributed by atoms with Crippen LogP contribution in [0.25, 0.3) is 0 Å². The summed E-state index contributed by atoms with van der Waals surface area (Å²) in [5, 5.41) is 3.46. The van der Waals surface area contributed by atoms with Crippen LogP contribution in [0.5, 0.6) is 5.75 Å². The molecule has 108 valence electrons. The van der Waals surface area contributed by atoms with Crippen molar-refractivity contribution >= 4 is 0 Å². The van der Waals surface area contributed by atoms with Gasteiger partial charge in [0.25, 0.3) is 0 Å². The zero-order chi connectivity index (χ0) is 14.5. The van der Waals surface area contributed by atoms with Crippen LogP contribution in [0.1, 0.15) is 43.9 Å². The largest absolute Gasteiger partial charge is 0.491 e. The third kappa shape index (κ3) is 4.14. The number of hydrogen-bond acceptors (Lipinski definition) is 3. The van der Waals surface area contributed by atoms with Gasteiger partial charge in [-0.25, -0.2) is 0 Å². The van der Waals surface area contributed by atoms with Gasteiger partial charge in [-0.2, -0.15) is 0 Å². The van der Waals surface area contributed by atoms with E-state index in [0.29, 0.717) is 0 Å². The van der Waals surface area contributed by atoms with Crippen molar-refractivity contribution in [2.45, 2.75) is 46.4 Å². The number of furan rings is 1. The summed E-state index contributed by atoms with van der Waals surface area (Å²) in [6.07, 6.45) is 0.194. The summed E-state index contributed by atoms with van der Waals surface area (Å²) < 4.78 is 11.3. The topological polar surface area (TPSA) is 34.4 Å². The van der Waals surface area contributed by atoms with Gasteiger partial charge >= 0.3 is 0 Å². The summed E-state index contributed by atoms with van der Waals surface area (Å²) in [6, 6.07) is 12.5. The van der Waals surface area contributed by atoms with Gasteiger partial charge in [0.1, 0.15) is 17.3 Å². The summed E-state index contributed by atoms with van der Waals surface area (Å²) in [4.78, 5) is 0. The molecule has 0 aliphatic carbocycles. The maximum atomic E-state index is 5.72. The molecule has 0 spiro atoms. The molecular formula is C17H23NO2. The Bertz CT molecular complexity index is 545. The number of aryl methyl sites for hydroxylation is 1. The minimum Gasteiger partial charge on any atom is -0.491 e. The Morgan fingerprint density at radius 1 is 1.15 bits per heavy atom. The van der Waals surface area contributed by atoms with Crippen LogP contribution < -0.4 is 10.1 Å². The van der Waals surface area contributed by atoms with E-state index in [0.717, 1.165) is 23.8 Å². The van der Waals surface area contributed by atoms with E-state index in [4.69, 9.17) is 9.15 Å². The summed E-state index contributed by atoms with van der Waals surface area (Å²) in [7, 11) is 0. The molecule has 1 aromatic carbocycles. The van der Waals surface area contributed by atoms with Crippen molar-refractivity contribution in [3.05, 3.63) is 53.5 Å². The number of nitrogens with one attached hydrogen (secondary N) is 1. The second-order valence-electron chi connectivity index (χ2n) is 5.35. The first-order valence-corrected chi connectivity index (χ1v) is 7.10. The molecule has 1 atom stereocenters. The van der Waals surface area contributed by atoms with Crippen LogP contribution in [-0.2, 0) is 6.54 Å². The fraction of sp³-hybridized carbons (Fsp3) is 0.412. The maximum Gasteiger partial charge on any atom is 0.120 e. The quantitative estimate of drug-likeness (QED) is 0.855. The Morgan fingerprint density at radius 2 is 1.95 bits per heavy atom. The van der Waals surface area contributed by atoms with Gasteiger partial charge in [0.05, 0.1) is 12.6 Å². The predicted octanol–water partition coefficient (Wildman–Crippen LogP) is 4.23. The number of ether oxygens (including phenoxy) is 1.